The van der Waals surface area contributed by atoms with Crippen LogP contribution in [0.1, 0.15) is 31.8 Å². The van der Waals surface area contributed by atoms with Crippen LogP contribution in [0.4, 0.5) is 0 Å². The van der Waals surface area contributed by atoms with Crippen LogP contribution in [-0.2, 0) is 6.42 Å². The maximum atomic E-state index is 12.2. The summed E-state index contributed by atoms with van der Waals surface area (Å²) in [6, 6.07) is 10.9. The standard InChI is InChI=1S/C18H15ClO4/c19-10-9-15-11-14(6-8-17(15)21)16(20)7-3-12-1-4-13(5-2-12)18(22)23/h1-8,11,21H,9-10H2,(H,22,23)/b7-3+. The number of ketones is 1. The molecule has 0 aromatic heterocycles. The number of phenolic OH excluding ortho intramolecular Hbond substituents is 1. The number of aryl methyl sites for hydroxylation is 1. The molecule has 0 spiro atoms. The Labute approximate surface area is 138 Å². The Morgan fingerprint density at radius 2 is 1.70 bits per heavy atom. The van der Waals surface area contributed by atoms with Gasteiger partial charge in [0.15, 0.2) is 5.78 Å². The first kappa shape index (κ1) is 16.8. The summed E-state index contributed by atoms with van der Waals surface area (Å²) >= 11 is 5.66. The molecular formula is C18H15ClO4. The van der Waals surface area contributed by atoms with E-state index >= 15 is 0 Å². The molecule has 2 aromatic rings. The van der Waals surface area contributed by atoms with Gasteiger partial charge in [-0.1, -0.05) is 18.2 Å². The molecule has 2 N–H and O–H groups in total. The number of benzene rings is 2. The molecule has 0 unspecified atom stereocenters. The van der Waals surface area contributed by atoms with Crippen LogP contribution in [0.3, 0.4) is 0 Å². The molecule has 0 saturated heterocycles. The first-order valence-electron chi connectivity index (χ1n) is 6.95. The van der Waals surface area contributed by atoms with Gasteiger partial charge in [-0.2, -0.15) is 0 Å². The fraction of sp³-hybridized carbons (Fsp3) is 0.111. The van der Waals surface area contributed by atoms with Crippen molar-refractivity contribution in [1.29, 1.82) is 0 Å². The molecule has 0 atom stereocenters. The molecule has 0 radical (unpaired) electrons. The third-order valence-electron chi connectivity index (χ3n) is 3.31. The van der Waals surface area contributed by atoms with E-state index in [0.29, 0.717) is 23.4 Å². The predicted octanol–water partition coefficient (Wildman–Crippen LogP) is 3.77. The monoisotopic (exact) mass is 330 g/mol. The summed E-state index contributed by atoms with van der Waals surface area (Å²) in [6.45, 7) is 0. The van der Waals surface area contributed by atoms with Crippen molar-refractivity contribution >= 4 is 29.4 Å². The highest BCUT2D eigenvalue weighted by Gasteiger charge is 2.07. The van der Waals surface area contributed by atoms with E-state index in [0.717, 1.165) is 5.56 Å². The summed E-state index contributed by atoms with van der Waals surface area (Å²) in [5, 5.41) is 18.5. The number of carbonyl (C=O) groups excluding carboxylic acids is 1. The fourth-order valence-electron chi connectivity index (χ4n) is 2.05. The number of carboxylic acids is 1. The van der Waals surface area contributed by atoms with Crippen LogP contribution >= 0.6 is 11.6 Å². The maximum Gasteiger partial charge on any atom is 0.335 e. The summed E-state index contributed by atoms with van der Waals surface area (Å²) in [7, 11) is 0. The van der Waals surface area contributed by atoms with E-state index in [-0.39, 0.29) is 17.1 Å². The Morgan fingerprint density at radius 3 is 2.30 bits per heavy atom. The average Bonchev–Trinajstić information content (AvgIpc) is 2.55. The zero-order valence-electron chi connectivity index (χ0n) is 12.2. The lowest BCUT2D eigenvalue weighted by molar-refractivity contribution is 0.0696. The van der Waals surface area contributed by atoms with Crippen LogP contribution in [0.5, 0.6) is 5.75 Å². The van der Waals surface area contributed by atoms with Gasteiger partial charge in [0, 0.05) is 11.4 Å². The number of carboxylic acid groups (broad SMARTS) is 1. The third-order valence-corrected chi connectivity index (χ3v) is 3.50. The van der Waals surface area contributed by atoms with Crippen LogP contribution in [-0.4, -0.2) is 27.8 Å². The number of aromatic hydroxyl groups is 1. The zero-order chi connectivity index (χ0) is 16.8. The number of alkyl halides is 1. The molecule has 118 valence electrons. The van der Waals surface area contributed by atoms with Crippen molar-refractivity contribution < 1.29 is 19.8 Å². The highest BCUT2D eigenvalue weighted by molar-refractivity contribution is 6.18. The van der Waals surface area contributed by atoms with Crippen molar-refractivity contribution in [2.75, 3.05) is 5.88 Å². The summed E-state index contributed by atoms with van der Waals surface area (Å²) in [5.41, 5.74) is 2.01. The van der Waals surface area contributed by atoms with E-state index in [2.05, 4.69) is 0 Å². The number of aromatic carboxylic acids is 1. The van der Waals surface area contributed by atoms with Crippen molar-refractivity contribution in [2.24, 2.45) is 0 Å². The number of allylic oxidation sites excluding steroid dienone is 1. The van der Waals surface area contributed by atoms with Crippen LogP contribution in [0, 0.1) is 0 Å². The average molecular weight is 331 g/mol. The minimum Gasteiger partial charge on any atom is -0.508 e. The molecule has 0 aliphatic carbocycles. The third kappa shape index (κ3) is 4.44. The topological polar surface area (TPSA) is 74.6 Å². The molecule has 2 aromatic carbocycles. The van der Waals surface area contributed by atoms with E-state index in [1.165, 1.54) is 24.3 Å². The van der Waals surface area contributed by atoms with Gasteiger partial charge < -0.3 is 10.2 Å². The molecule has 0 amide bonds. The number of phenols is 1. The molecular weight excluding hydrogens is 316 g/mol. The van der Waals surface area contributed by atoms with Crippen LogP contribution in [0.15, 0.2) is 48.5 Å². The van der Waals surface area contributed by atoms with Crippen molar-refractivity contribution in [1.82, 2.24) is 0 Å². The minimum absolute atomic E-state index is 0.121. The normalized spacial score (nSPS) is 10.8. The maximum absolute atomic E-state index is 12.2. The van der Waals surface area contributed by atoms with Gasteiger partial charge in [-0.25, -0.2) is 4.79 Å². The van der Waals surface area contributed by atoms with Gasteiger partial charge >= 0.3 is 5.97 Å². The first-order chi connectivity index (χ1) is 11.0. The Balaban J connectivity index is 2.14. The lowest BCUT2D eigenvalue weighted by atomic mass is 10.0. The highest BCUT2D eigenvalue weighted by Crippen LogP contribution is 2.20. The number of hydrogen-bond acceptors (Lipinski definition) is 3. The molecule has 0 aliphatic heterocycles. The van der Waals surface area contributed by atoms with E-state index in [1.807, 2.05) is 0 Å². The lowest BCUT2D eigenvalue weighted by Gasteiger charge is -2.04. The van der Waals surface area contributed by atoms with Gasteiger partial charge in [-0.15, -0.1) is 11.6 Å². The van der Waals surface area contributed by atoms with Gasteiger partial charge in [0.05, 0.1) is 5.56 Å². The first-order valence-corrected chi connectivity index (χ1v) is 7.48. The van der Waals surface area contributed by atoms with E-state index < -0.39 is 5.97 Å². The van der Waals surface area contributed by atoms with Gasteiger partial charge in [0.2, 0.25) is 0 Å². The van der Waals surface area contributed by atoms with E-state index in [9.17, 15) is 14.7 Å². The second-order valence-electron chi connectivity index (χ2n) is 4.91. The van der Waals surface area contributed by atoms with Crippen molar-refractivity contribution in [3.05, 3.63) is 70.8 Å². The van der Waals surface area contributed by atoms with E-state index in [4.69, 9.17) is 16.7 Å². The Hall–Kier alpha value is -2.59. The number of hydrogen-bond donors (Lipinski definition) is 2. The molecule has 0 heterocycles. The molecule has 0 aliphatic rings. The molecule has 4 nitrogen and oxygen atoms in total. The SMILES string of the molecule is O=C(O)c1ccc(/C=C/C(=O)c2ccc(O)c(CCCl)c2)cc1. The van der Waals surface area contributed by atoms with Gasteiger partial charge in [-0.3, -0.25) is 4.79 Å². The minimum atomic E-state index is -0.993. The summed E-state index contributed by atoms with van der Waals surface area (Å²) < 4.78 is 0. The highest BCUT2D eigenvalue weighted by atomic mass is 35.5. The van der Waals surface area contributed by atoms with E-state index in [1.54, 1.807) is 30.3 Å². The summed E-state index contributed by atoms with van der Waals surface area (Å²) in [5.74, 6) is -0.720. The van der Waals surface area contributed by atoms with Gasteiger partial charge in [0.1, 0.15) is 5.75 Å². The fourth-order valence-corrected chi connectivity index (χ4v) is 2.25. The molecule has 0 bridgehead atoms. The number of rotatable bonds is 6. The van der Waals surface area contributed by atoms with Crippen molar-refractivity contribution in [3.63, 3.8) is 0 Å². The predicted molar refractivity (Wildman–Crippen MR) is 89.3 cm³/mol. The smallest absolute Gasteiger partial charge is 0.335 e. The van der Waals surface area contributed by atoms with Gasteiger partial charge in [0.25, 0.3) is 0 Å². The van der Waals surface area contributed by atoms with Crippen LogP contribution < -0.4 is 0 Å². The molecule has 0 saturated carbocycles. The zero-order valence-corrected chi connectivity index (χ0v) is 13.0. The molecule has 5 heteroatoms. The quantitative estimate of drug-likeness (QED) is 0.480. The molecule has 2 rings (SSSR count). The Morgan fingerprint density at radius 1 is 1.04 bits per heavy atom. The Bertz CT molecular complexity index is 748. The van der Waals surface area contributed by atoms with Crippen LogP contribution in [0.25, 0.3) is 6.08 Å². The Kier molecular flexibility index (Phi) is 5.55. The second-order valence-corrected chi connectivity index (χ2v) is 5.29. The van der Waals surface area contributed by atoms with Crippen LogP contribution in [0.2, 0.25) is 0 Å². The van der Waals surface area contributed by atoms with Crippen molar-refractivity contribution in [3.8, 4) is 5.75 Å². The lowest BCUT2D eigenvalue weighted by Crippen LogP contribution is -1.97. The molecule has 0 fully saturated rings. The molecule has 23 heavy (non-hydrogen) atoms. The van der Waals surface area contributed by atoms with Crippen molar-refractivity contribution in [2.45, 2.75) is 6.42 Å². The summed E-state index contributed by atoms with van der Waals surface area (Å²) in [4.78, 5) is 22.9. The number of halogens is 1. The second kappa shape index (κ2) is 7.61. The summed E-state index contributed by atoms with van der Waals surface area (Å²) in [6.07, 6.45) is 3.50. The largest absolute Gasteiger partial charge is 0.508 e. The van der Waals surface area contributed by atoms with Gasteiger partial charge in [-0.05, 0) is 54.0 Å². The number of carbonyl (C=O) groups is 2.